The van der Waals surface area contributed by atoms with Gasteiger partial charge in [-0.05, 0) is 87.3 Å². The van der Waals surface area contributed by atoms with Crippen molar-refractivity contribution in [3.8, 4) is 5.75 Å². The molecule has 5 heteroatoms. The summed E-state index contributed by atoms with van der Waals surface area (Å²) < 4.78 is 7.32. The molecule has 276 valence electrons. The maximum atomic E-state index is 8.42. The molecule has 1 atom stereocenters. The van der Waals surface area contributed by atoms with Crippen LogP contribution in [0.4, 0.5) is 0 Å². The van der Waals surface area contributed by atoms with E-state index in [4.69, 9.17) is 9.84 Å². The SMILES string of the molecule is C=CCBr.CCCCCCCCO.CCCCCCCCOc1cc2c(cc1Br)B(c1c(C(C)C)cc(C(C)CC)cc1C(C)C)C(C)=C2. The predicted molar refractivity (Wildman–Crippen MR) is 229 cm³/mol. The number of ether oxygens (including phenoxy) is 1. The Labute approximate surface area is 320 Å². The molecule has 0 saturated heterocycles. The topological polar surface area (TPSA) is 29.5 Å². The number of halogens is 2. The van der Waals surface area contributed by atoms with Crippen LogP contribution in [0, 0.1) is 0 Å². The van der Waals surface area contributed by atoms with Crippen molar-refractivity contribution >= 4 is 55.6 Å². The smallest absolute Gasteiger partial charge is 0.238 e. The van der Waals surface area contributed by atoms with Crippen molar-refractivity contribution in [1.82, 2.24) is 0 Å². The molecule has 0 spiro atoms. The second-order valence-electron chi connectivity index (χ2n) is 14.5. The molecule has 1 heterocycles. The van der Waals surface area contributed by atoms with E-state index in [9.17, 15) is 0 Å². The van der Waals surface area contributed by atoms with Gasteiger partial charge in [0.2, 0.25) is 6.71 Å². The molecule has 0 saturated carbocycles. The van der Waals surface area contributed by atoms with Gasteiger partial charge in [-0.3, -0.25) is 0 Å². The van der Waals surface area contributed by atoms with Crippen molar-refractivity contribution < 1.29 is 9.84 Å². The van der Waals surface area contributed by atoms with Gasteiger partial charge in [-0.25, -0.2) is 0 Å². The molecule has 0 aromatic heterocycles. The van der Waals surface area contributed by atoms with Crippen LogP contribution in [-0.4, -0.2) is 30.4 Å². The Hall–Kier alpha value is -1.30. The number of unbranched alkanes of at least 4 members (excludes halogenated alkanes) is 10. The second-order valence-corrected chi connectivity index (χ2v) is 16.0. The first kappa shape index (κ1) is 45.7. The minimum Gasteiger partial charge on any atom is -0.492 e. The summed E-state index contributed by atoms with van der Waals surface area (Å²) in [6.45, 7) is 25.8. The average Bonchev–Trinajstić information content (AvgIpc) is 3.40. The normalized spacial score (nSPS) is 12.6. The van der Waals surface area contributed by atoms with Crippen molar-refractivity contribution in [2.24, 2.45) is 0 Å². The molecule has 2 aromatic rings. The largest absolute Gasteiger partial charge is 0.492 e. The van der Waals surface area contributed by atoms with E-state index in [2.05, 4.69) is 131 Å². The molecule has 1 aliphatic rings. The minimum atomic E-state index is 0.310. The number of rotatable bonds is 20. The average molecular weight is 803 g/mol. The highest BCUT2D eigenvalue weighted by atomic mass is 79.9. The van der Waals surface area contributed by atoms with E-state index in [0.717, 1.165) is 35.0 Å². The Balaban J connectivity index is 0.000000781. The molecule has 2 aromatic carbocycles. The fraction of sp³-hybridized carbons (Fsp3) is 0.636. The number of benzene rings is 2. The first-order valence-electron chi connectivity index (χ1n) is 19.6. The second kappa shape index (κ2) is 26.5. The van der Waals surface area contributed by atoms with Gasteiger partial charge in [-0.15, -0.1) is 6.58 Å². The molecule has 1 N–H and O–H groups in total. The quantitative estimate of drug-likeness (QED) is 0.0625. The van der Waals surface area contributed by atoms with Gasteiger partial charge in [0.15, 0.2) is 0 Å². The van der Waals surface area contributed by atoms with E-state index in [1.807, 2.05) is 0 Å². The molecule has 0 fully saturated rings. The van der Waals surface area contributed by atoms with E-state index in [1.54, 1.807) is 6.08 Å². The molecule has 1 aliphatic heterocycles. The highest BCUT2D eigenvalue weighted by Crippen LogP contribution is 2.33. The molecular formula is C44H71BBr2O2. The first-order chi connectivity index (χ1) is 23.5. The standard InChI is InChI=1S/C33H48BBrO.C8H18O.C3H5Br/c1-9-11-12-13-14-15-16-36-32-20-27-17-25(8)34(30(27)21-31(32)35)33-28(22(3)4)18-26(24(7)10-2)19-29(33)23(5)6;1-2-3-4-5-6-7-8-9;1-2-3-4/h17-24H,9-16H2,1-8H3;9H,2-8H2,1H3;2H,1,3H2. The number of fused-ring (bicyclic) bond motifs is 1. The lowest BCUT2D eigenvalue weighted by Gasteiger charge is -2.27. The molecule has 0 aliphatic carbocycles. The van der Waals surface area contributed by atoms with E-state index in [-0.39, 0.29) is 0 Å². The zero-order valence-electron chi connectivity index (χ0n) is 32.9. The third kappa shape index (κ3) is 15.9. The Morgan fingerprint density at radius 3 is 1.78 bits per heavy atom. The summed E-state index contributed by atoms with van der Waals surface area (Å²) >= 11 is 6.99. The highest BCUT2D eigenvalue weighted by Gasteiger charge is 2.34. The van der Waals surface area contributed by atoms with Crippen LogP contribution < -0.4 is 15.7 Å². The molecule has 2 nitrogen and oxygen atoms in total. The summed E-state index contributed by atoms with van der Waals surface area (Å²) in [5.41, 5.74) is 10.2. The Kier molecular flexibility index (Phi) is 24.7. The number of allylic oxidation sites excluding steroid dienone is 2. The van der Waals surface area contributed by atoms with Crippen LogP contribution in [0.2, 0.25) is 0 Å². The molecule has 0 amide bonds. The van der Waals surface area contributed by atoms with Crippen LogP contribution in [0.15, 0.2) is 46.9 Å². The monoisotopic (exact) mass is 800 g/mol. The van der Waals surface area contributed by atoms with Crippen molar-refractivity contribution in [1.29, 1.82) is 0 Å². The van der Waals surface area contributed by atoms with Gasteiger partial charge in [-0.2, -0.15) is 0 Å². The van der Waals surface area contributed by atoms with Crippen LogP contribution in [0.5, 0.6) is 5.75 Å². The zero-order chi connectivity index (χ0) is 36.8. The maximum absolute atomic E-state index is 8.42. The summed E-state index contributed by atoms with van der Waals surface area (Å²) in [6.07, 6.45) is 20.5. The van der Waals surface area contributed by atoms with Gasteiger partial charge in [0.1, 0.15) is 5.75 Å². The highest BCUT2D eigenvalue weighted by molar-refractivity contribution is 9.10. The molecule has 3 rings (SSSR count). The first-order valence-corrected chi connectivity index (χ1v) is 21.5. The zero-order valence-corrected chi connectivity index (χ0v) is 36.1. The van der Waals surface area contributed by atoms with Gasteiger partial charge in [-0.1, -0.05) is 183 Å². The number of alkyl halides is 1. The van der Waals surface area contributed by atoms with Crippen molar-refractivity contribution in [2.45, 2.75) is 164 Å². The summed E-state index contributed by atoms with van der Waals surface area (Å²) in [5.74, 6) is 2.54. The van der Waals surface area contributed by atoms with Crippen LogP contribution in [0.25, 0.3) is 6.08 Å². The third-order valence-electron chi connectivity index (χ3n) is 9.64. The fourth-order valence-corrected chi connectivity index (χ4v) is 6.99. The van der Waals surface area contributed by atoms with Gasteiger partial charge in [0.05, 0.1) is 11.1 Å². The van der Waals surface area contributed by atoms with Crippen molar-refractivity contribution in [3.63, 3.8) is 0 Å². The number of aliphatic hydroxyl groups is 1. The van der Waals surface area contributed by atoms with Crippen molar-refractivity contribution in [2.75, 3.05) is 18.5 Å². The minimum absolute atomic E-state index is 0.310. The Morgan fingerprint density at radius 1 is 0.796 bits per heavy atom. The van der Waals surface area contributed by atoms with Crippen LogP contribution in [-0.2, 0) is 0 Å². The molecular weight excluding hydrogens is 731 g/mol. The Morgan fingerprint density at radius 2 is 1.31 bits per heavy atom. The van der Waals surface area contributed by atoms with Crippen molar-refractivity contribution in [3.05, 3.63) is 69.1 Å². The molecule has 1 unspecified atom stereocenters. The lowest BCUT2D eigenvalue weighted by molar-refractivity contribution is 0.282. The van der Waals surface area contributed by atoms with Gasteiger partial charge in [0.25, 0.3) is 0 Å². The third-order valence-corrected chi connectivity index (χ3v) is 10.7. The van der Waals surface area contributed by atoms with Gasteiger partial charge in [0, 0.05) is 11.9 Å². The van der Waals surface area contributed by atoms with Crippen LogP contribution in [0.1, 0.15) is 186 Å². The summed E-state index contributed by atoms with van der Waals surface area (Å²) in [6, 6.07) is 9.62. The lowest BCUT2D eigenvalue weighted by Crippen LogP contribution is -2.46. The van der Waals surface area contributed by atoms with Gasteiger partial charge < -0.3 is 9.84 Å². The van der Waals surface area contributed by atoms with Crippen LogP contribution >= 0.6 is 31.9 Å². The predicted octanol–water partition coefficient (Wildman–Crippen LogP) is 13.4. The summed E-state index contributed by atoms with van der Waals surface area (Å²) in [5, 5.41) is 9.32. The van der Waals surface area contributed by atoms with E-state index >= 15 is 0 Å². The van der Waals surface area contributed by atoms with E-state index in [0.29, 0.717) is 31.1 Å². The Bertz CT molecular complexity index is 1200. The summed E-state index contributed by atoms with van der Waals surface area (Å²) in [4.78, 5) is 0. The molecule has 49 heavy (non-hydrogen) atoms. The number of hydrogen-bond donors (Lipinski definition) is 1. The van der Waals surface area contributed by atoms with Crippen LogP contribution in [0.3, 0.4) is 0 Å². The number of aliphatic hydroxyl groups excluding tert-OH is 1. The molecule has 0 radical (unpaired) electrons. The maximum Gasteiger partial charge on any atom is 0.238 e. The fourth-order valence-electron chi connectivity index (χ4n) is 6.52. The lowest BCUT2D eigenvalue weighted by atomic mass is 9.36. The van der Waals surface area contributed by atoms with E-state index < -0.39 is 0 Å². The molecule has 0 bridgehead atoms. The van der Waals surface area contributed by atoms with Gasteiger partial charge >= 0.3 is 0 Å². The van der Waals surface area contributed by atoms with E-state index in [1.165, 1.54) is 109 Å². The number of hydrogen-bond acceptors (Lipinski definition) is 2. The summed E-state index contributed by atoms with van der Waals surface area (Å²) in [7, 11) is 0.